The molecular formula is C9H18O3S. The molecule has 1 fully saturated rings. The average Bonchev–Trinajstić information content (AvgIpc) is 2.15. The fraction of sp³-hybridized carbons (Fsp3) is 1.00. The number of aliphatic hydroxyl groups excluding tert-OH is 1. The number of thioether (sulfide) groups is 1. The highest BCUT2D eigenvalue weighted by Crippen LogP contribution is 2.15. The van der Waals surface area contributed by atoms with Crippen LogP contribution in [0.3, 0.4) is 0 Å². The molecule has 1 heterocycles. The first-order valence-electron chi connectivity index (χ1n) is 4.69. The summed E-state index contributed by atoms with van der Waals surface area (Å²) in [6, 6.07) is 0. The van der Waals surface area contributed by atoms with Crippen LogP contribution >= 0.6 is 11.8 Å². The fourth-order valence-corrected chi connectivity index (χ4v) is 2.06. The minimum atomic E-state index is -0.477. The Labute approximate surface area is 83.8 Å². The molecule has 3 nitrogen and oxygen atoms in total. The summed E-state index contributed by atoms with van der Waals surface area (Å²) in [6.45, 7) is 5.05. The highest BCUT2D eigenvalue weighted by molar-refractivity contribution is 7.99. The van der Waals surface area contributed by atoms with Gasteiger partial charge in [-0.05, 0) is 13.8 Å². The minimum Gasteiger partial charge on any atom is -0.388 e. The first-order chi connectivity index (χ1) is 6.20. The van der Waals surface area contributed by atoms with Gasteiger partial charge in [-0.2, -0.15) is 11.8 Å². The third kappa shape index (κ3) is 4.31. The van der Waals surface area contributed by atoms with Crippen LogP contribution < -0.4 is 0 Å². The van der Waals surface area contributed by atoms with Crippen LogP contribution in [0.2, 0.25) is 0 Å². The van der Waals surface area contributed by atoms with Crippen LogP contribution in [0.15, 0.2) is 0 Å². The first-order valence-corrected chi connectivity index (χ1v) is 5.84. The van der Waals surface area contributed by atoms with E-state index in [2.05, 4.69) is 0 Å². The molecule has 0 aliphatic carbocycles. The van der Waals surface area contributed by atoms with Gasteiger partial charge in [-0.25, -0.2) is 0 Å². The number of aliphatic hydroxyl groups is 1. The van der Waals surface area contributed by atoms with E-state index in [-0.39, 0.29) is 12.2 Å². The van der Waals surface area contributed by atoms with Gasteiger partial charge < -0.3 is 14.6 Å². The molecule has 0 amide bonds. The summed E-state index contributed by atoms with van der Waals surface area (Å²) in [5.41, 5.74) is 0. The quantitative estimate of drug-likeness (QED) is 0.742. The van der Waals surface area contributed by atoms with Gasteiger partial charge in [0.15, 0.2) is 0 Å². The number of hydrogen-bond acceptors (Lipinski definition) is 4. The second-order valence-electron chi connectivity index (χ2n) is 3.43. The molecule has 1 aliphatic rings. The summed E-state index contributed by atoms with van der Waals surface area (Å²) in [4.78, 5) is 0. The highest BCUT2D eigenvalue weighted by Gasteiger charge is 2.23. The molecule has 0 aromatic heterocycles. The lowest BCUT2D eigenvalue weighted by atomic mass is 10.2. The molecule has 1 N–H and O–H groups in total. The van der Waals surface area contributed by atoms with Gasteiger partial charge in [0.05, 0.1) is 25.4 Å². The Morgan fingerprint density at radius 1 is 1.62 bits per heavy atom. The second-order valence-corrected chi connectivity index (χ2v) is 4.58. The smallest absolute Gasteiger partial charge is 0.104 e. The topological polar surface area (TPSA) is 38.7 Å². The molecule has 1 saturated heterocycles. The Bertz CT molecular complexity index is 135. The molecule has 13 heavy (non-hydrogen) atoms. The summed E-state index contributed by atoms with van der Waals surface area (Å²) in [6.07, 6.45) is -0.349. The predicted molar refractivity (Wildman–Crippen MR) is 54.2 cm³/mol. The Hall–Kier alpha value is 0.230. The maximum Gasteiger partial charge on any atom is 0.104 e. The molecule has 4 heteroatoms. The monoisotopic (exact) mass is 206 g/mol. The van der Waals surface area contributed by atoms with Crippen molar-refractivity contribution in [1.29, 1.82) is 0 Å². The Balaban J connectivity index is 2.17. The van der Waals surface area contributed by atoms with Crippen LogP contribution in [0.4, 0.5) is 0 Å². The molecule has 1 rings (SSSR count). The van der Waals surface area contributed by atoms with Gasteiger partial charge in [-0.3, -0.25) is 0 Å². The Morgan fingerprint density at radius 3 is 2.92 bits per heavy atom. The van der Waals surface area contributed by atoms with E-state index in [1.807, 2.05) is 25.6 Å². The molecule has 1 aliphatic heterocycles. The van der Waals surface area contributed by atoms with E-state index in [4.69, 9.17) is 9.47 Å². The third-order valence-electron chi connectivity index (χ3n) is 1.87. The molecule has 0 aromatic carbocycles. The Kier molecular flexibility index (Phi) is 5.09. The lowest BCUT2D eigenvalue weighted by molar-refractivity contribution is -0.0713. The summed E-state index contributed by atoms with van der Waals surface area (Å²) >= 11 is 1.83. The summed E-state index contributed by atoms with van der Waals surface area (Å²) < 4.78 is 10.7. The van der Waals surface area contributed by atoms with Gasteiger partial charge in [0.2, 0.25) is 0 Å². The van der Waals surface area contributed by atoms with Gasteiger partial charge in [-0.1, -0.05) is 0 Å². The van der Waals surface area contributed by atoms with Crippen molar-refractivity contribution < 1.29 is 14.6 Å². The van der Waals surface area contributed by atoms with Crippen molar-refractivity contribution in [3.05, 3.63) is 0 Å². The maximum absolute atomic E-state index is 9.66. The average molecular weight is 206 g/mol. The van der Waals surface area contributed by atoms with Gasteiger partial charge in [0, 0.05) is 11.5 Å². The summed E-state index contributed by atoms with van der Waals surface area (Å²) in [5, 5.41) is 9.66. The number of rotatable bonds is 4. The molecular weight excluding hydrogens is 188 g/mol. The standard InChI is InChI=1S/C9H18O3S/c1-7(2)12-5-8(10)9-6-13-4-3-11-9/h7-10H,3-6H2,1-2H3. The van der Waals surface area contributed by atoms with Gasteiger partial charge >= 0.3 is 0 Å². The third-order valence-corrected chi connectivity index (χ3v) is 2.89. The van der Waals surface area contributed by atoms with E-state index in [1.54, 1.807) is 0 Å². The normalized spacial score (nSPS) is 26.3. The SMILES string of the molecule is CC(C)OCC(O)C1CSCCO1. The van der Waals surface area contributed by atoms with Crippen molar-refractivity contribution in [3.63, 3.8) is 0 Å². The van der Waals surface area contributed by atoms with E-state index in [0.717, 1.165) is 18.1 Å². The zero-order valence-corrected chi connectivity index (χ0v) is 9.05. The molecule has 2 atom stereocenters. The molecule has 0 aromatic rings. The number of ether oxygens (including phenoxy) is 2. The number of hydrogen-bond donors (Lipinski definition) is 1. The molecule has 0 saturated carbocycles. The molecule has 0 bridgehead atoms. The van der Waals surface area contributed by atoms with Gasteiger partial charge in [0.25, 0.3) is 0 Å². The highest BCUT2D eigenvalue weighted by atomic mass is 32.2. The van der Waals surface area contributed by atoms with Crippen molar-refractivity contribution in [2.75, 3.05) is 24.7 Å². The van der Waals surface area contributed by atoms with Crippen molar-refractivity contribution in [1.82, 2.24) is 0 Å². The molecule has 0 radical (unpaired) electrons. The zero-order valence-electron chi connectivity index (χ0n) is 8.23. The zero-order chi connectivity index (χ0) is 9.68. The van der Waals surface area contributed by atoms with Crippen LogP contribution in [0.5, 0.6) is 0 Å². The van der Waals surface area contributed by atoms with Crippen molar-refractivity contribution in [2.24, 2.45) is 0 Å². The predicted octanol–water partition coefficient (Wildman–Crippen LogP) is 0.904. The lowest BCUT2D eigenvalue weighted by Gasteiger charge is -2.27. The van der Waals surface area contributed by atoms with Crippen molar-refractivity contribution in [2.45, 2.75) is 32.2 Å². The Morgan fingerprint density at radius 2 is 2.38 bits per heavy atom. The van der Waals surface area contributed by atoms with E-state index in [1.165, 1.54) is 0 Å². The van der Waals surface area contributed by atoms with Crippen molar-refractivity contribution in [3.8, 4) is 0 Å². The molecule has 78 valence electrons. The maximum atomic E-state index is 9.66. The fourth-order valence-electron chi connectivity index (χ4n) is 1.13. The van der Waals surface area contributed by atoms with Crippen LogP contribution in [0, 0.1) is 0 Å². The van der Waals surface area contributed by atoms with E-state index in [9.17, 15) is 5.11 Å². The second kappa shape index (κ2) is 5.86. The van der Waals surface area contributed by atoms with Gasteiger partial charge in [0.1, 0.15) is 6.10 Å². The lowest BCUT2D eigenvalue weighted by Crippen LogP contribution is -2.38. The summed E-state index contributed by atoms with van der Waals surface area (Å²) in [5.74, 6) is 1.91. The van der Waals surface area contributed by atoms with Crippen molar-refractivity contribution >= 4 is 11.8 Å². The molecule has 0 spiro atoms. The van der Waals surface area contributed by atoms with Crippen LogP contribution in [0.25, 0.3) is 0 Å². The van der Waals surface area contributed by atoms with Crippen LogP contribution in [0.1, 0.15) is 13.8 Å². The van der Waals surface area contributed by atoms with E-state index in [0.29, 0.717) is 6.61 Å². The van der Waals surface area contributed by atoms with Crippen LogP contribution in [-0.2, 0) is 9.47 Å². The van der Waals surface area contributed by atoms with E-state index >= 15 is 0 Å². The van der Waals surface area contributed by atoms with Crippen LogP contribution in [-0.4, -0.2) is 48.1 Å². The van der Waals surface area contributed by atoms with E-state index < -0.39 is 6.10 Å². The molecule has 2 unspecified atom stereocenters. The largest absolute Gasteiger partial charge is 0.388 e. The van der Waals surface area contributed by atoms with Gasteiger partial charge in [-0.15, -0.1) is 0 Å². The first kappa shape index (κ1) is 11.3. The summed E-state index contributed by atoms with van der Waals surface area (Å²) in [7, 11) is 0. The minimum absolute atomic E-state index is 0.0440.